The van der Waals surface area contributed by atoms with E-state index < -0.39 is 0 Å². The summed E-state index contributed by atoms with van der Waals surface area (Å²) in [7, 11) is 0. The molecule has 3 heteroatoms. The molecule has 1 aliphatic heterocycles. The first kappa shape index (κ1) is 12.0. The molecule has 2 aliphatic rings. The van der Waals surface area contributed by atoms with E-state index in [1.54, 1.807) is 0 Å². The van der Waals surface area contributed by atoms with Crippen molar-refractivity contribution in [2.24, 2.45) is 11.7 Å². The Balaban J connectivity index is 1.71. The first-order chi connectivity index (χ1) is 8.86. The van der Waals surface area contributed by atoms with Gasteiger partial charge in [-0.15, -0.1) is 0 Å². The van der Waals surface area contributed by atoms with Crippen molar-refractivity contribution in [2.45, 2.75) is 44.9 Å². The maximum atomic E-state index is 5.88. The van der Waals surface area contributed by atoms with E-state index in [2.05, 4.69) is 23.5 Å². The van der Waals surface area contributed by atoms with Gasteiger partial charge in [0, 0.05) is 11.7 Å². The molecule has 1 fully saturated rings. The van der Waals surface area contributed by atoms with E-state index in [0.717, 1.165) is 19.8 Å². The van der Waals surface area contributed by atoms with Gasteiger partial charge in [0.2, 0.25) is 0 Å². The Hall–Kier alpha value is -1.06. The first-order valence-corrected chi connectivity index (χ1v) is 7.03. The minimum absolute atomic E-state index is 0.545. The molecule has 18 heavy (non-hydrogen) atoms. The van der Waals surface area contributed by atoms with Crippen LogP contribution in [0.4, 0.5) is 5.69 Å². The Morgan fingerprint density at radius 2 is 2.00 bits per heavy atom. The van der Waals surface area contributed by atoms with Gasteiger partial charge in [-0.05, 0) is 48.6 Å². The monoisotopic (exact) mass is 246 g/mol. The number of anilines is 1. The topological polar surface area (TPSA) is 47.3 Å². The lowest BCUT2D eigenvalue weighted by atomic mass is 9.84. The normalized spacial score (nSPS) is 26.9. The number of fused-ring (bicyclic) bond motifs is 1. The minimum Gasteiger partial charge on any atom is -0.382 e. The van der Waals surface area contributed by atoms with Gasteiger partial charge in [0.1, 0.15) is 0 Å². The third kappa shape index (κ3) is 2.38. The summed E-state index contributed by atoms with van der Waals surface area (Å²) >= 11 is 0. The second-order valence-electron chi connectivity index (χ2n) is 5.51. The van der Waals surface area contributed by atoms with E-state index in [1.807, 2.05) is 0 Å². The lowest BCUT2D eigenvalue weighted by molar-refractivity contribution is 0.134. The molecule has 3 rings (SSSR count). The summed E-state index contributed by atoms with van der Waals surface area (Å²) < 4.78 is 5.45. The summed E-state index contributed by atoms with van der Waals surface area (Å²) in [4.78, 5) is 0. The Bertz CT molecular complexity index is 419. The second-order valence-corrected chi connectivity index (χ2v) is 5.51. The molecule has 1 saturated carbocycles. The van der Waals surface area contributed by atoms with Crippen LogP contribution in [0.5, 0.6) is 0 Å². The van der Waals surface area contributed by atoms with Crippen LogP contribution >= 0.6 is 0 Å². The Morgan fingerprint density at radius 1 is 1.17 bits per heavy atom. The standard InChI is InChI=1S/C15H22N2O/c16-8-11-3-1-2-4-15(11)17-14-6-5-12-9-18-10-13(12)7-14/h5-7,11,15,17H,1-4,8-10,16H2. The lowest BCUT2D eigenvalue weighted by Gasteiger charge is -2.32. The van der Waals surface area contributed by atoms with Crippen molar-refractivity contribution in [2.75, 3.05) is 11.9 Å². The smallest absolute Gasteiger partial charge is 0.0725 e. The average Bonchev–Trinajstić information content (AvgIpc) is 2.87. The molecule has 1 heterocycles. The number of hydrogen-bond donors (Lipinski definition) is 2. The molecule has 0 saturated heterocycles. The molecule has 0 amide bonds. The van der Waals surface area contributed by atoms with E-state index in [4.69, 9.17) is 10.5 Å². The maximum absolute atomic E-state index is 5.88. The molecule has 3 nitrogen and oxygen atoms in total. The van der Waals surface area contributed by atoms with Crippen molar-refractivity contribution >= 4 is 5.69 Å². The minimum atomic E-state index is 0.545. The van der Waals surface area contributed by atoms with E-state index in [-0.39, 0.29) is 0 Å². The van der Waals surface area contributed by atoms with Crippen LogP contribution < -0.4 is 11.1 Å². The van der Waals surface area contributed by atoms with Gasteiger partial charge in [0.15, 0.2) is 0 Å². The molecule has 0 spiro atoms. The zero-order valence-electron chi connectivity index (χ0n) is 10.8. The third-order valence-corrected chi connectivity index (χ3v) is 4.29. The molecule has 2 unspecified atom stereocenters. The first-order valence-electron chi connectivity index (χ1n) is 7.03. The van der Waals surface area contributed by atoms with Crippen molar-refractivity contribution in [3.63, 3.8) is 0 Å². The van der Waals surface area contributed by atoms with Crippen LogP contribution in [0.3, 0.4) is 0 Å². The number of nitrogens with one attached hydrogen (secondary N) is 1. The van der Waals surface area contributed by atoms with E-state index in [0.29, 0.717) is 12.0 Å². The average molecular weight is 246 g/mol. The van der Waals surface area contributed by atoms with E-state index >= 15 is 0 Å². The van der Waals surface area contributed by atoms with E-state index in [1.165, 1.54) is 42.5 Å². The summed E-state index contributed by atoms with van der Waals surface area (Å²) in [5.74, 6) is 0.628. The highest BCUT2D eigenvalue weighted by atomic mass is 16.5. The van der Waals surface area contributed by atoms with E-state index in [9.17, 15) is 0 Å². The van der Waals surface area contributed by atoms with Crippen LogP contribution in [0.2, 0.25) is 0 Å². The van der Waals surface area contributed by atoms with Gasteiger partial charge in [0.05, 0.1) is 13.2 Å². The van der Waals surface area contributed by atoms with Crippen molar-refractivity contribution in [1.29, 1.82) is 0 Å². The summed E-state index contributed by atoms with van der Waals surface area (Å²) in [6, 6.07) is 7.15. The van der Waals surface area contributed by atoms with Crippen LogP contribution in [0.25, 0.3) is 0 Å². The Labute approximate surface area is 109 Å². The summed E-state index contributed by atoms with van der Waals surface area (Å²) in [6.45, 7) is 2.33. The number of nitrogens with two attached hydrogens (primary N) is 1. The zero-order valence-corrected chi connectivity index (χ0v) is 10.8. The van der Waals surface area contributed by atoms with Gasteiger partial charge in [-0.25, -0.2) is 0 Å². The molecule has 0 bridgehead atoms. The predicted molar refractivity (Wildman–Crippen MR) is 73.4 cm³/mol. The third-order valence-electron chi connectivity index (χ3n) is 4.29. The second kappa shape index (κ2) is 5.29. The molecule has 0 radical (unpaired) electrons. The highest BCUT2D eigenvalue weighted by molar-refractivity contribution is 5.50. The molecule has 1 aromatic carbocycles. The molecular weight excluding hydrogens is 224 g/mol. The van der Waals surface area contributed by atoms with Gasteiger partial charge in [-0.2, -0.15) is 0 Å². The Kier molecular flexibility index (Phi) is 3.52. The molecule has 3 N–H and O–H groups in total. The number of ether oxygens (including phenoxy) is 1. The highest BCUT2D eigenvalue weighted by Gasteiger charge is 2.24. The van der Waals surface area contributed by atoms with Crippen LogP contribution in [-0.2, 0) is 18.0 Å². The molecule has 1 aliphatic carbocycles. The number of rotatable bonds is 3. The summed E-state index contributed by atoms with van der Waals surface area (Å²) in [5, 5.41) is 3.68. The van der Waals surface area contributed by atoms with Gasteiger partial charge in [-0.3, -0.25) is 0 Å². The summed E-state index contributed by atoms with van der Waals surface area (Å²) in [6.07, 6.45) is 5.16. The van der Waals surface area contributed by atoms with Crippen molar-refractivity contribution in [3.05, 3.63) is 29.3 Å². The van der Waals surface area contributed by atoms with Crippen molar-refractivity contribution in [1.82, 2.24) is 0 Å². The largest absolute Gasteiger partial charge is 0.382 e. The van der Waals surface area contributed by atoms with Gasteiger partial charge in [-0.1, -0.05) is 18.9 Å². The quantitative estimate of drug-likeness (QED) is 0.862. The fraction of sp³-hybridized carbons (Fsp3) is 0.600. The van der Waals surface area contributed by atoms with Crippen molar-refractivity contribution < 1.29 is 4.74 Å². The fourth-order valence-electron chi connectivity index (χ4n) is 3.16. The van der Waals surface area contributed by atoms with Crippen LogP contribution in [-0.4, -0.2) is 12.6 Å². The predicted octanol–water partition coefficient (Wildman–Crippen LogP) is 2.65. The maximum Gasteiger partial charge on any atom is 0.0725 e. The molecular formula is C15H22N2O. The van der Waals surface area contributed by atoms with Crippen LogP contribution in [0.1, 0.15) is 36.8 Å². The number of benzene rings is 1. The van der Waals surface area contributed by atoms with Gasteiger partial charge >= 0.3 is 0 Å². The van der Waals surface area contributed by atoms with Crippen LogP contribution in [0, 0.1) is 5.92 Å². The summed E-state index contributed by atoms with van der Waals surface area (Å²) in [5.41, 5.74) is 9.77. The molecule has 0 aromatic heterocycles. The lowest BCUT2D eigenvalue weighted by Crippen LogP contribution is -2.36. The van der Waals surface area contributed by atoms with Crippen LogP contribution in [0.15, 0.2) is 18.2 Å². The molecule has 1 aromatic rings. The highest BCUT2D eigenvalue weighted by Crippen LogP contribution is 2.28. The molecule has 98 valence electrons. The fourth-order valence-corrected chi connectivity index (χ4v) is 3.16. The van der Waals surface area contributed by atoms with Gasteiger partial charge < -0.3 is 15.8 Å². The molecule has 2 atom stereocenters. The Morgan fingerprint density at radius 3 is 2.89 bits per heavy atom. The number of hydrogen-bond acceptors (Lipinski definition) is 3. The SMILES string of the molecule is NCC1CCCCC1Nc1ccc2c(c1)COC2. The van der Waals surface area contributed by atoms with Gasteiger partial charge in [0.25, 0.3) is 0 Å². The van der Waals surface area contributed by atoms with Crippen molar-refractivity contribution in [3.8, 4) is 0 Å². The zero-order chi connectivity index (χ0) is 12.4.